The van der Waals surface area contributed by atoms with E-state index in [9.17, 15) is 4.79 Å². The van der Waals surface area contributed by atoms with Gasteiger partial charge in [0.2, 0.25) is 11.8 Å². The molecule has 1 fully saturated rings. The van der Waals surface area contributed by atoms with Crippen LogP contribution in [0.1, 0.15) is 18.4 Å². The molecule has 5 nitrogen and oxygen atoms in total. The quantitative estimate of drug-likeness (QED) is 0.761. The number of hydrogen-bond acceptors (Lipinski definition) is 4. The fourth-order valence-corrected chi connectivity index (χ4v) is 1.39. The summed E-state index contributed by atoms with van der Waals surface area (Å²) in [4.78, 5) is 15.6. The lowest BCUT2D eigenvalue weighted by Crippen LogP contribution is -2.42. The van der Waals surface area contributed by atoms with Crippen LogP contribution in [-0.2, 0) is 11.3 Å². The lowest BCUT2D eigenvalue weighted by atomic mass is 10.2. The normalized spacial score (nSPS) is 16.6. The van der Waals surface area contributed by atoms with E-state index in [1.165, 1.54) is 0 Å². The smallest absolute Gasteiger partial charge is 0.240 e. The summed E-state index contributed by atoms with van der Waals surface area (Å²) in [6.07, 6.45) is 3.20. The minimum atomic E-state index is -0.614. The van der Waals surface area contributed by atoms with Gasteiger partial charge in [0.15, 0.2) is 0 Å². The van der Waals surface area contributed by atoms with Gasteiger partial charge in [0, 0.05) is 18.8 Å². The molecule has 0 spiro atoms. The molecule has 1 aliphatic rings. The molecule has 0 radical (unpaired) electrons. The summed E-state index contributed by atoms with van der Waals surface area (Å²) in [5.74, 6) is 0.462. The van der Waals surface area contributed by atoms with E-state index in [0.717, 1.165) is 18.4 Å². The zero-order chi connectivity index (χ0) is 11.6. The predicted molar refractivity (Wildman–Crippen MR) is 58.8 cm³/mol. The van der Waals surface area contributed by atoms with E-state index < -0.39 is 5.54 Å². The molecule has 1 heterocycles. The van der Waals surface area contributed by atoms with Crippen molar-refractivity contribution in [2.45, 2.75) is 24.9 Å². The van der Waals surface area contributed by atoms with Crippen LogP contribution in [0, 0.1) is 0 Å². The van der Waals surface area contributed by atoms with Crippen LogP contribution in [0.25, 0.3) is 0 Å². The van der Waals surface area contributed by atoms with Crippen LogP contribution >= 0.6 is 0 Å². The number of pyridine rings is 1. The molecule has 16 heavy (non-hydrogen) atoms. The van der Waals surface area contributed by atoms with E-state index in [2.05, 4.69) is 10.3 Å². The zero-order valence-electron chi connectivity index (χ0n) is 9.19. The molecular weight excluding hydrogens is 206 g/mol. The van der Waals surface area contributed by atoms with Crippen LogP contribution in [0.5, 0.6) is 5.88 Å². The maximum atomic E-state index is 11.6. The van der Waals surface area contributed by atoms with Crippen molar-refractivity contribution < 1.29 is 9.53 Å². The fourth-order valence-electron chi connectivity index (χ4n) is 1.39. The second kappa shape index (κ2) is 4.09. The average Bonchev–Trinajstić information content (AvgIpc) is 3.06. The Morgan fingerprint density at radius 1 is 1.69 bits per heavy atom. The van der Waals surface area contributed by atoms with Gasteiger partial charge in [-0.05, 0) is 24.5 Å². The number of carbonyl (C=O) groups excluding carboxylic acids is 1. The number of aromatic nitrogens is 1. The molecule has 1 aromatic rings. The second-order valence-electron chi connectivity index (χ2n) is 4.05. The molecule has 0 aliphatic heterocycles. The highest BCUT2D eigenvalue weighted by atomic mass is 16.5. The third-order valence-electron chi connectivity index (χ3n) is 2.70. The molecule has 1 aromatic heterocycles. The van der Waals surface area contributed by atoms with Crippen LogP contribution in [0.15, 0.2) is 18.3 Å². The van der Waals surface area contributed by atoms with Crippen molar-refractivity contribution >= 4 is 5.91 Å². The minimum absolute atomic E-state index is 0.0803. The zero-order valence-corrected chi connectivity index (χ0v) is 9.19. The maximum absolute atomic E-state index is 11.6. The lowest BCUT2D eigenvalue weighted by molar-refractivity contribution is -0.123. The third kappa shape index (κ3) is 2.30. The van der Waals surface area contributed by atoms with Gasteiger partial charge in [0.05, 0.1) is 12.6 Å². The van der Waals surface area contributed by atoms with E-state index in [0.29, 0.717) is 12.4 Å². The number of methoxy groups -OCH3 is 1. The minimum Gasteiger partial charge on any atom is -0.481 e. The SMILES string of the molecule is COc1cc(CNC(=O)C2(N)CC2)ccn1. The first-order valence-corrected chi connectivity index (χ1v) is 5.20. The highest BCUT2D eigenvalue weighted by molar-refractivity contribution is 5.88. The number of nitrogens with two attached hydrogens (primary N) is 1. The van der Waals surface area contributed by atoms with Gasteiger partial charge in [-0.1, -0.05) is 0 Å². The highest BCUT2D eigenvalue weighted by Gasteiger charge is 2.45. The van der Waals surface area contributed by atoms with Crippen LogP contribution in [0.4, 0.5) is 0 Å². The topological polar surface area (TPSA) is 77.2 Å². The van der Waals surface area contributed by atoms with Gasteiger partial charge < -0.3 is 15.8 Å². The van der Waals surface area contributed by atoms with E-state index in [4.69, 9.17) is 10.5 Å². The summed E-state index contributed by atoms with van der Waals surface area (Å²) >= 11 is 0. The number of ether oxygens (including phenoxy) is 1. The Bertz CT molecular complexity index is 402. The van der Waals surface area contributed by atoms with Gasteiger partial charge in [0.25, 0.3) is 0 Å². The molecule has 0 aromatic carbocycles. The number of amides is 1. The molecule has 2 rings (SSSR count). The largest absolute Gasteiger partial charge is 0.481 e. The van der Waals surface area contributed by atoms with Gasteiger partial charge in [-0.2, -0.15) is 0 Å². The monoisotopic (exact) mass is 221 g/mol. The molecule has 0 atom stereocenters. The van der Waals surface area contributed by atoms with Crippen LogP contribution in [0.3, 0.4) is 0 Å². The number of nitrogens with one attached hydrogen (secondary N) is 1. The van der Waals surface area contributed by atoms with E-state index in [1.54, 1.807) is 19.4 Å². The number of rotatable bonds is 4. The van der Waals surface area contributed by atoms with E-state index >= 15 is 0 Å². The van der Waals surface area contributed by atoms with Crippen molar-refractivity contribution in [3.8, 4) is 5.88 Å². The van der Waals surface area contributed by atoms with Gasteiger partial charge >= 0.3 is 0 Å². The third-order valence-corrected chi connectivity index (χ3v) is 2.70. The molecule has 0 saturated heterocycles. The summed E-state index contributed by atoms with van der Waals surface area (Å²) in [6.45, 7) is 0.455. The summed E-state index contributed by atoms with van der Waals surface area (Å²) in [5, 5.41) is 2.81. The Morgan fingerprint density at radius 2 is 2.44 bits per heavy atom. The van der Waals surface area contributed by atoms with Gasteiger partial charge in [-0.25, -0.2) is 4.98 Å². The Labute approximate surface area is 94.0 Å². The molecule has 0 bridgehead atoms. The lowest BCUT2D eigenvalue weighted by Gasteiger charge is -2.10. The molecule has 1 amide bonds. The number of carbonyl (C=O) groups is 1. The van der Waals surface area contributed by atoms with E-state index in [-0.39, 0.29) is 5.91 Å². The summed E-state index contributed by atoms with van der Waals surface area (Å²) in [5.41, 5.74) is 6.10. The maximum Gasteiger partial charge on any atom is 0.240 e. The Balaban J connectivity index is 1.91. The second-order valence-corrected chi connectivity index (χ2v) is 4.05. The van der Waals surface area contributed by atoms with Gasteiger partial charge in [0.1, 0.15) is 0 Å². The number of nitrogens with zero attached hydrogens (tertiary/aromatic N) is 1. The standard InChI is InChI=1S/C11H15N3O2/c1-16-9-6-8(2-5-13-9)7-14-10(15)11(12)3-4-11/h2,5-6H,3-4,7,12H2,1H3,(H,14,15). The summed E-state index contributed by atoms with van der Waals surface area (Å²) < 4.78 is 4.99. The van der Waals surface area contributed by atoms with Gasteiger partial charge in [-0.15, -0.1) is 0 Å². The van der Waals surface area contributed by atoms with Crippen molar-refractivity contribution in [2.24, 2.45) is 5.73 Å². The van der Waals surface area contributed by atoms with Crippen molar-refractivity contribution in [1.82, 2.24) is 10.3 Å². The molecule has 3 N–H and O–H groups in total. The highest BCUT2D eigenvalue weighted by Crippen LogP contribution is 2.32. The fraction of sp³-hybridized carbons (Fsp3) is 0.455. The molecule has 1 saturated carbocycles. The van der Waals surface area contributed by atoms with Crippen LogP contribution < -0.4 is 15.8 Å². The molecule has 86 valence electrons. The molecule has 0 unspecified atom stereocenters. The predicted octanol–water partition coefficient (Wildman–Crippen LogP) is 0.198. The van der Waals surface area contributed by atoms with Crippen LogP contribution in [0.2, 0.25) is 0 Å². The number of hydrogen-bond donors (Lipinski definition) is 2. The Hall–Kier alpha value is -1.62. The molecule has 5 heteroatoms. The van der Waals surface area contributed by atoms with Crippen LogP contribution in [-0.4, -0.2) is 23.5 Å². The Morgan fingerprint density at radius 3 is 3.06 bits per heavy atom. The summed E-state index contributed by atoms with van der Waals surface area (Å²) in [7, 11) is 1.56. The summed E-state index contributed by atoms with van der Waals surface area (Å²) in [6, 6.07) is 3.62. The van der Waals surface area contributed by atoms with E-state index in [1.807, 2.05) is 6.07 Å². The van der Waals surface area contributed by atoms with Crippen molar-refractivity contribution in [2.75, 3.05) is 7.11 Å². The first-order chi connectivity index (χ1) is 7.64. The van der Waals surface area contributed by atoms with Gasteiger partial charge in [-0.3, -0.25) is 4.79 Å². The average molecular weight is 221 g/mol. The van der Waals surface area contributed by atoms with Crippen molar-refractivity contribution in [3.05, 3.63) is 23.9 Å². The first-order valence-electron chi connectivity index (χ1n) is 5.20. The first kappa shape index (κ1) is 10.9. The Kier molecular flexibility index (Phi) is 2.78. The molecule has 1 aliphatic carbocycles. The van der Waals surface area contributed by atoms with Crippen molar-refractivity contribution in [1.29, 1.82) is 0 Å². The van der Waals surface area contributed by atoms with Crippen molar-refractivity contribution in [3.63, 3.8) is 0 Å². The molecular formula is C11H15N3O2.